The number of H-pyrrole nitrogens is 1. The smallest absolute Gasteiger partial charge is 0.259 e. The van der Waals surface area contributed by atoms with E-state index in [0.29, 0.717) is 46.9 Å². The Labute approximate surface area is 184 Å². The van der Waals surface area contributed by atoms with Gasteiger partial charge in [0.25, 0.3) is 5.89 Å². The second-order valence-electron chi connectivity index (χ2n) is 7.18. The number of nitrogens with one attached hydrogen (secondary N) is 2. The highest BCUT2D eigenvalue weighted by molar-refractivity contribution is 7.18. The topological polar surface area (TPSA) is 144 Å². The molecule has 13 heteroatoms. The van der Waals surface area contributed by atoms with Crippen molar-refractivity contribution in [3.05, 3.63) is 41.7 Å². The van der Waals surface area contributed by atoms with Crippen LogP contribution in [0.25, 0.3) is 10.8 Å². The molecular formula is C19H16N8O4S. The number of ether oxygens (including phenoxy) is 2. The highest BCUT2D eigenvalue weighted by Crippen LogP contribution is 2.36. The highest BCUT2D eigenvalue weighted by Gasteiger charge is 2.25. The number of hydrogen-bond acceptors (Lipinski definition) is 11. The van der Waals surface area contributed by atoms with Gasteiger partial charge in [-0.15, -0.1) is 10.2 Å². The van der Waals surface area contributed by atoms with Crippen LogP contribution in [0.1, 0.15) is 17.3 Å². The molecule has 6 rings (SSSR count). The average Bonchev–Trinajstić information content (AvgIpc) is 3.59. The van der Waals surface area contributed by atoms with E-state index in [1.54, 1.807) is 11.1 Å². The first kappa shape index (κ1) is 18.7. The van der Waals surface area contributed by atoms with Crippen molar-refractivity contribution < 1.29 is 18.7 Å². The lowest BCUT2D eigenvalue weighted by atomic mass is 10.1. The summed E-state index contributed by atoms with van der Waals surface area (Å²) < 4.78 is 16.4. The molecule has 2 aliphatic heterocycles. The van der Waals surface area contributed by atoms with Crippen molar-refractivity contribution in [3.8, 4) is 22.3 Å². The van der Waals surface area contributed by atoms with Gasteiger partial charge in [0, 0.05) is 24.7 Å². The van der Waals surface area contributed by atoms with E-state index in [2.05, 4.69) is 35.9 Å². The number of rotatable bonds is 5. The first-order chi connectivity index (χ1) is 15.7. The summed E-state index contributed by atoms with van der Waals surface area (Å²) in [6.07, 6.45) is 2.35. The highest BCUT2D eigenvalue weighted by atomic mass is 32.1. The summed E-state index contributed by atoms with van der Waals surface area (Å²) >= 11 is 1.36. The zero-order chi connectivity index (χ0) is 21.5. The van der Waals surface area contributed by atoms with E-state index in [1.807, 2.05) is 18.2 Å². The molecule has 0 saturated heterocycles. The Balaban J connectivity index is 1.11. The number of benzene rings is 1. The van der Waals surface area contributed by atoms with Crippen LogP contribution in [0.15, 0.2) is 28.8 Å². The number of carbonyl (C=O) groups is 1. The van der Waals surface area contributed by atoms with Crippen LogP contribution < -0.4 is 14.8 Å². The predicted molar refractivity (Wildman–Crippen MR) is 110 cm³/mol. The van der Waals surface area contributed by atoms with E-state index in [0.717, 1.165) is 17.1 Å². The number of carbonyl (C=O) groups excluding carboxylic acids is 1. The number of anilines is 2. The first-order valence-corrected chi connectivity index (χ1v) is 10.6. The molecule has 0 spiro atoms. The Morgan fingerprint density at radius 3 is 3.06 bits per heavy atom. The molecule has 12 nitrogen and oxygen atoms in total. The fourth-order valence-electron chi connectivity index (χ4n) is 3.51. The maximum absolute atomic E-state index is 12.6. The van der Waals surface area contributed by atoms with Crippen molar-refractivity contribution >= 4 is 28.1 Å². The van der Waals surface area contributed by atoms with Crippen molar-refractivity contribution in [2.75, 3.05) is 18.7 Å². The molecule has 1 aromatic carbocycles. The van der Waals surface area contributed by atoms with E-state index < -0.39 is 0 Å². The van der Waals surface area contributed by atoms with E-state index >= 15 is 0 Å². The fraction of sp³-hybridized carbons (Fsp3) is 0.263. The molecule has 2 N–H and O–H groups in total. The Hall–Kier alpha value is -4.00. The van der Waals surface area contributed by atoms with Crippen LogP contribution in [-0.2, 0) is 24.2 Å². The Kier molecular flexibility index (Phi) is 4.45. The molecule has 5 heterocycles. The van der Waals surface area contributed by atoms with Gasteiger partial charge in [-0.2, -0.15) is 15.4 Å². The molecule has 162 valence electrons. The molecule has 0 fully saturated rings. The standard InChI is InChI=1S/C19H16N8O4S/c28-17(27-4-3-11-12(8-27)23-26-22-11)6-16-24-25-18(31-16)15-7-20-19(32-15)21-10-1-2-13-14(5-10)30-9-29-13/h1-2,5,7H,3-4,6,8-9H2,(H,20,21)(H,22,23,26). The second kappa shape index (κ2) is 7.60. The van der Waals surface area contributed by atoms with Crippen LogP contribution in [-0.4, -0.2) is 54.7 Å². The van der Waals surface area contributed by atoms with Gasteiger partial charge in [0.05, 0.1) is 18.4 Å². The molecule has 0 atom stereocenters. The molecule has 1 amide bonds. The fourth-order valence-corrected chi connectivity index (χ4v) is 4.27. The van der Waals surface area contributed by atoms with Gasteiger partial charge in [0.15, 0.2) is 16.6 Å². The van der Waals surface area contributed by atoms with Gasteiger partial charge < -0.3 is 24.1 Å². The van der Waals surface area contributed by atoms with E-state index in [1.165, 1.54) is 11.3 Å². The molecule has 2 aliphatic rings. The predicted octanol–water partition coefficient (Wildman–Crippen LogP) is 1.91. The minimum absolute atomic E-state index is 0.0291. The van der Waals surface area contributed by atoms with Crippen LogP contribution in [0.3, 0.4) is 0 Å². The monoisotopic (exact) mass is 452 g/mol. The molecular weight excluding hydrogens is 436 g/mol. The van der Waals surface area contributed by atoms with Crippen molar-refractivity contribution in [2.24, 2.45) is 0 Å². The normalized spacial score (nSPS) is 14.4. The summed E-state index contributed by atoms with van der Waals surface area (Å²) in [4.78, 5) is 19.4. The lowest BCUT2D eigenvalue weighted by Crippen LogP contribution is -2.37. The minimum Gasteiger partial charge on any atom is -0.454 e. The van der Waals surface area contributed by atoms with Gasteiger partial charge >= 0.3 is 0 Å². The van der Waals surface area contributed by atoms with Gasteiger partial charge in [0.1, 0.15) is 17.0 Å². The van der Waals surface area contributed by atoms with E-state index in [4.69, 9.17) is 13.9 Å². The molecule has 0 unspecified atom stereocenters. The zero-order valence-electron chi connectivity index (χ0n) is 16.6. The zero-order valence-corrected chi connectivity index (χ0v) is 17.4. The SMILES string of the molecule is O=C(Cc1nnc(-c2cnc(Nc3ccc4c(c3)OCO4)s2)o1)N1CCc2n[nH]nc2C1. The van der Waals surface area contributed by atoms with Crippen LogP contribution in [0.4, 0.5) is 10.8 Å². The minimum atomic E-state index is -0.0941. The molecule has 0 aliphatic carbocycles. The van der Waals surface area contributed by atoms with Crippen molar-refractivity contribution in [3.63, 3.8) is 0 Å². The Bertz CT molecular complexity index is 1300. The van der Waals surface area contributed by atoms with Crippen molar-refractivity contribution in [1.82, 2.24) is 35.5 Å². The summed E-state index contributed by atoms with van der Waals surface area (Å²) in [7, 11) is 0. The third-order valence-corrected chi connectivity index (χ3v) is 6.03. The number of aromatic amines is 1. The number of fused-ring (bicyclic) bond motifs is 2. The summed E-state index contributed by atoms with van der Waals surface area (Å²) in [5, 5.41) is 22.7. The lowest BCUT2D eigenvalue weighted by molar-refractivity contribution is -0.131. The maximum atomic E-state index is 12.6. The van der Waals surface area contributed by atoms with Crippen LogP contribution in [0, 0.1) is 0 Å². The lowest BCUT2D eigenvalue weighted by Gasteiger charge is -2.24. The third kappa shape index (κ3) is 3.51. The summed E-state index contributed by atoms with van der Waals surface area (Å²) in [5.74, 6) is 1.89. The summed E-state index contributed by atoms with van der Waals surface area (Å²) in [5.41, 5.74) is 2.52. The van der Waals surface area contributed by atoms with Crippen molar-refractivity contribution in [2.45, 2.75) is 19.4 Å². The number of nitrogens with zero attached hydrogens (tertiary/aromatic N) is 6. The van der Waals surface area contributed by atoms with Gasteiger partial charge in [-0.25, -0.2) is 4.98 Å². The number of amides is 1. The Morgan fingerprint density at radius 2 is 2.09 bits per heavy atom. The quantitative estimate of drug-likeness (QED) is 0.461. The molecule has 3 aromatic heterocycles. The Morgan fingerprint density at radius 1 is 1.19 bits per heavy atom. The molecule has 0 bridgehead atoms. The molecule has 4 aromatic rings. The van der Waals surface area contributed by atoms with Gasteiger partial charge in [0.2, 0.25) is 18.6 Å². The van der Waals surface area contributed by atoms with E-state index in [-0.39, 0.29) is 25.0 Å². The van der Waals surface area contributed by atoms with Crippen LogP contribution in [0.2, 0.25) is 0 Å². The number of thiazole rings is 1. The number of aromatic nitrogens is 6. The van der Waals surface area contributed by atoms with Gasteiger partial charge in [-0.3, -0.25) is 4.79 Å². The summed E-state index contributed by atoms with van der Waals surface area (Å²) in [6.45, 7) is 1.24. The van der Waals surface area contributed by atoms with Crippen LogP contribution in [0.5, 0.6) is 11.5 Å². The molecule has 0 radical (unpaired) electrons. The molecule has 0 saturated carbocycles. The first-order valence-electron chi connectivity index (χ1n) is 9.83. The van der Waals surface area contributed by atoms with Gasteiger partial charge in [-0.1, -0.05) is 11.3 Å². The maximum Gasteiger partial charge on any atom is 0.259 e. The van der Waals surface area contributed by atoms with E-state index in [9.17, 15) is 4.79 Å². The average molecular weight is 452 g/mol. The largest absolute Gasteiger partial charge is 0.454 e. The third-order valence-electron chi connectivity index (χ3n) is 5.12. The van der Waals surface area contributed by atoms with Crippen LogP contribution >= 0.6 is 11.3 Å². The van der Waals surface area contributed by atoms with Crippen molar-refractivity contribution in [1.29, 1.82) is 0 Å². The molecule has 32 heavy (non-hydrogen) atoms. The van der Waals surface area contributed by atoms with Gasteiger partial charge in [-0.05, 0) is 12.1 Å². The second-order valence-corrected chi connectivity index (χ2v) is 8.21. The number of hydrogen-bond donors (Lipinski definition) is 2. The summed E-state index contributed by atoms with van der Waals surface area (Å²) in [6, 6.07) is 5.57.